The number of hydrogen-bond donors (Lipinski definition) is 0. The number of rotatable bonds is 0. The van der Waals surface area contributed by atoms with Crippen LogP contribution in [0.3, 0.4) is 0 Å². The van der Waals surface area contributed by atoms with Crippen molar-refractivity contribution in [3.63, 3.8) is 0 Å². The molecule has 0 saturated heterocycles. The predicted molar refractivity (Wildman–Crippen MR) is 16.7 cm³/mol. The molecular formula is C3H8MnO. The third kappa shape index (κ3) is 228. The molecule has 0 aromatic heterocycles. The summed E-state index contributed by atoms with van der Waals surface area (Å²) in [6.07, 6.45) is 1.25. The van der Waals surface area contributed by atoms with Crippen LogP contribution in [0.2, 0.25) is 0 Å². The minimum absolute atomic E-state index is 1.25. The average Bonchev–Trinajstić information content (AvgIpc) is 1.46. The molecule has 0 bridgehead atoms. The molecule has 0 saturated carbocycles. The van der Waals surface area contributed by atoms with Crippen molar-refractivity contribution in [2.75, 3.05) is 0 Å². The van der Waals surface area contributed by atoms with Crippen LogP contribution in [0, 0.1) is 0 Å². The van der Waals surface area contributed by atoms with E-state index < -0.39 is 0 Å². The predicted octanol–water partition coefficient (Wildman–Crippen LogP) is 1.29. The van der Waals surface area contributed by atoms with E-state index in [1.54, 1.807) is 15.9 Å². The summed E-state index contributed by atoms with van der Waals surface area (Å²) in [4.78, 5) is 0. The maximum absolute atomic E-state index is 8.06. The van der Waals surface area contributed by atoms with Crippen molar-refractivity contribution in [2.45, 2.75) is 20.3 Å². The zero-order valence-electron chi connectivity index (χ0n) is 3.49. The summed E-state index contributed by atoms with van der Waals surface area (Å²) >= 11 is 1.69. The Bertz CT molecular complexity index is 10.9. The van der Waals surface area contributed by atoms with Crippen LogP contribution in [0.4, 0.5) is 0 Å². The SMILES string of the molecule is CCC.[O]=[Mn]. The quantitative estimate of drug-likeness (QED) is 0.435. The zero-order chi connectivity index (χ0) is 4.71. The second-order valence-electron chi connectivity index (χ2n) is 0.707. The van der Waals surface area contributed by atoms with Gasteiger partial charge in [0.15, 0.2) is 0 Å². The van der Waals surface area contributed by atoms with Gasteiger partial charge in [-0.3, -0.25) is 0 Å². The van der Waals surface area contributed by atoms with Crippen LogP contribution in [0.5, 0.6) is 0 Å². The van der Waals surface area contributed by atoms with Crippen molar-refractivity contribution in [3.05, 3.63) is 0 Å². The third-order valence-electron chi connectivity index (χ3n) is 0. The molecule has 0 aromatic carbocycles. The summed E-state index contributed by atoms with van der Waals surface area (Å²) in [7, 11) is 0. The molecule has 0 radical (unpaired) electrons. The van der Waals surface area contributed by atoms with Crippen LogP contribution >= 0.6 is 0 Å². The molecule has 2 heteroatoms. The summed E-state index contributed by atoms with van der Waals surface area (Å²) in [5, 5.41) is 0. The fraction of sp³-hybridized carbons (Fsp3) is 1.00. The van der Waals surface area contributed by atoms with Crippen molar-refractivity contribution < 1.29 is 19.8 Å². The molecule has 0 amide bonds. The van der Waals surface area contributed by atoms with Crippen LogP contribution in [-0.2, 0) is 19.8 Å². The molecule has 0 aliphatic carbocycles. The Morgan fingerprint density at radius 2 is 1.40 bits per heavy atom. The second-order valence-corrected chi connectivity index (χ2v) is 0.707. The molecule has 0 aliphatic heterocycles. The van der Waals surface area contributed by atoms with Crippen molar-refractivity contribution in [3.8, 4) is 0 Å². The molecule has 5 heavy (non-hydrogen) atoms. The molecule has 1 nitrogen and oxygen atoms in total. The molecule has 0 aliphatic rings. The van der Waals surface area contributed by atoms with Gasteiger partial charge >= 0.3 is 19.8 Å². The van der Waals surface area contributed by atoms with Gasteiger partial charge in [-0.25, -0.2) is 0 Å². The summed E-state index contributed by atoms with van der Waals surface area (Å²) in [6, 6.07) is 0. The molecule has 0 aromatic rings. The van der Waals surface area contributed by atoms with E-state index in [0.717, 1.165) is 0 Å². The van der Waals surface area contributed by atoms with E-state index in [9.17, 15) is 0 Å². The molecule has 0 N–H and O–H groups in total. The van der Waals surface area contributed by atoms with E-state index >= 15 is 0 Å². The summed E-state index contributed by atoms with van der Waals surface area (Å²) < 4.78 is 8.06. The zero-order valence-corrected chi connectivity index (χ0v) is 4.67. The molecule has 0 rings (SSSR count). The van der Waals surface area contributed by atoms with E-state index in [1.807, 2.05) is 0 Å². The van der Waals surface area contributed by atoms with Gasteiger partial charge < -0.3 is 0 Å². The van der Waals surface area contributed by atoms with Gasteiger partial charge in [-0.05, 0) is 0 Å². The third-order valence-corrected chi connectivity index (χ3v) is 0. The summed E-state index contributed by atoms with van der Waals surface area (Å²) in [5.41, 5.74) is 0. The van der Waals surface area contributed by atoms with E-state index in [2.05, 4.69) is 13.8 Å². The Hall–Kier alpha value is 0.319. The average molecular weight is 115 g/mol. The first kappa shape index (κ1) is 9.01. The van der Waals surface area contributed by atoms with Gasteiger partial charge in [-0.15, -0.1) is 0 Å². The van der Waals surface area contributed by atoms with E-state index in [4.69, 9.17) is 3.83 Å². The molecule has 0 heterocycles. The van der Waals surface area contributed by atoms with Gasteiger partial charge in [-0.2, -0.15) is 0 Å². The summed E-state index contributed by atoms with van der Waals surface area (Å²) in [5.74, 6) is 0. The van der Waals surface area contributed by atoms with Gasteiger partial charge in [0.2, 0.25) is 0 Å². The van der Waals surface area contributed by atoms with E-state index in [-0.39, 0.29) is 0 Å². The Morgan fingerprint density at radius 3 is 1.40 bits per heavy atom. The topological polar surface area (TPSA) is 17.1 Å². The molecular weight excluding hydrogens is 107 g/mol. The molecule has 0 unspecified atom stereocenters. The van der Waals surface area contributed by atoms with Gasteiger partial charge in [0.25, 0.3) is 0 Å². The van der Waals surface area contributed by atoms with Crippen molar-refractivity contribution >= 4 is 0 Å². The van der Waals surface area contributed by atoms with Gasteiger partial charge in [0, 0.05) is 0 Å². The fourth-order valence-corrected chi connectivity index (χ4v) is 0. The first-order valence-corrected chi connectivity index (χ1v) is 2.05. The molecule has 33 valence electrons. The van der Waals surface area contributed by atoms with Crippen molar-refractivity contribution in [2.24, 2.45) is 0 Å². The maximum atomic E-state index is 8.06. The Labute approximate surface area is 40.8 Å². The number of hydrogen-bond acceptors (Lipinski definition) is 1. The van der Waals surface area contributed by atoms with Crippen LogP contribution in [0.15, 0.2) is 0 Å². The van der Waals surface area contributed by atoms with Crippen LogP contribution < -0.4 is 0 Å². The van der Waals surface area contributed by atoms with Crippen LogP contribution in [0.25, 0.3) is 0 Å². The second kappa shape index (κ2) is 27.3. The first-order chi connectivity index (χ1) is 2.41. The molecule has 0 fully saturated rings. The Morgan fingerprint density at radius 1 is 1.40 bits per heavy atom. The van der Waals surface area contributed by atoms with Crippen LogP contribution in [0.1, 0.15) is 20.3 Å². The van der Waals surface area contributed by atoms with Crippen LogP contribution in [-0.4, -0.2) is 0 Å². The fourth-order valence-electron chi connectivity index (χ4n) is 0. The monoisotopic (exact) mass is 115 g/mol. The standard InChI is InChI=1S/C3H8.Mn.O/c1-3-2;;/h3H2,1-2H3;;. The normalized spacial score (nSPS) is 4.40. The van der Waals surface area contributed by atoms with Gasteiger partial charge in [-0.1, -0.05) is 20.3 Å². The summed E-state index contributed by atoms with van der Waals surface area (Å²) in [6.45, 7) is 4.25. The molecule has 0 spiro atoms. The Balaban J connectivity index is 0. The van der Waals surface area contributed by atoms with Gasteiger partial charge in [0.05, 0.1) is 0 Å². The first-order valence-electron chi connectivity index (χ1n) is 1.57. The Kier molecular flexibility index (Phi) is 49.2. The minimum atomic E-state index is 1.25. The van der Waals surface area contributed by atoms with E-state index in [1.165, 1.54) is 6.42 Å². The van der Waals surface area contributed by atoms with E-state index in [0.29, 0.717) is 0 Å². The molecule has 0 atom stereocenters. The van der Waals surface area contributed by atoms with Crippen molar-refractivity contribution in [1.82, 2.24) is 0 Å². The van der Waals surface area contributed by atoms with Gasteiger partial charge in [0.1, 0.15) is 0 Å². The van der Waals surface area contributed by atoms with Crippen molar-refractivity contribution in [1.29, 1.82) is 0 Å².